The summed E-state index contributed by atoms with van der Waals surface area (Å²) in [5.41, 5.74) is 0. The van der Waals surface area contributed by atoms with Gasteiger partial charge in [0.1, 0.15) is 12.1 Å². The SMILES string of the molecule is CCSCCN1C(=O)C(CC)NC(=O)C1CC(C)C. The standard InChI is InChI=1S/C14H26N2O2S/c1-5-11-14(18)16(7-8-19-6-2)12(9-10(3)4)13(17)15-11/h10-12H,5-9H2,1-4H3,(H,15,17). The van der Waals surface area contributed by atoms with Gasteiger partial charge in [0, 0.05) is 12.3 Å². The molecular weight excluding hydrogens is 260 g/mol. The van der Waals surface area contributed by atoms with Gasteiger partial charge in [-0.25, -0.2) is 0 Å². The lowest BCUT2D eigenvalue weighted by Crippen LogP contribution is -2.63. The van der Waals surface area contributed by atoms with Crippen molar-refractivity contribution in [3.8, 4) is 0 Å². The van der Waals surface area contributed by atoms with E-state index in [1.807, 2.05) is 18.7 Å². The molecule has 1 saturated heterocycles. The lowest BCUT2D eigenvalue weighted by molar-refractivity contribution is -0.149. The zero-order valence-electron chi connectivity index (χ0n) is 12.4. The molecular formula is C14H26N2O2S. The molecule has 2 unspecified atom stereocenters. The zero-order valence-corrected chi connectivity index (χ0v) is 13.3. The summed E-state index contributed by atoms with van der Waals surface area (Å²) in [7, 11) is 0. The zero-order chi connectivity index (χ0) is 14.4. The average Bonchev–Trinajstić information content (AvgIpc) is 2.36. The Kier molecular flexibility index (Phi) is 6.69. The van der Waals surface area contributed by atoms with Gasteiger partial charge in [-0.3, -0.25) is 9.59 Å². The van der Waals surface area contributed by atoms with Crippen LogP contribution in [-0.4, -0.2) is 46.8 Å². The topological polar surface area (TPSA) is 49.4 Å². The minimum Gasteiger partial charge on any atom is -0.343 e. The van der Waals surface area contributed by atoms with Crippen molar-refractivity contribution in [2.24, 2.45) is 5.92 Å². The summed E-state index contributed by atoms with van der Waals surface area (Å²) in [6, 6.07) is -0.615. The maximum absolute atomic E-state index is 12.4. The van der Waals surface area contributed by atoms with Gasteiger partial charge >= 0.3 is 0 Å². The summed E-state index contributed by atoms with van der Waals surface area (Å²) < 4.78 is 0. The maximum atomic E-state index is 12.4. The minimum absolute atomic E-state index is 0.0154. The van der Waals surface area contributed by atoms with Crippen LogP contribution in [0.1, 0.15) is 40.5 Å². The second-order valence-corrected chi connectivity index (χ2v) is 6.74. The van der Waals surface area contributed by atoms with E-state index >= 15 is 0 Å². The van der Waals surface area contributed by atoms with Crippen LogP contribution >= 0.6 is 11.8 Å². The molecule has 1 aliphatic rings. The van der Waals surface area contributed by atoms with Crippen LogP contribution in [0.4, 0.5) is 0 Å². The Morgan fingerprint density at radius 2 is 2.00 bits per heavy atom. The van der Waals surface area contributed by atoms with E-state index in [1.54, 1.807) is 4.90 Å². The Hall–Kier alpha value is -0.710. The number of hydrogen-bond acceptors (Lipinski definition) is 3. The van der Waals surface area contributed by atoms with Gasteiger partial charge in [-0.05, 0) is 24.5 Å². The Balaban J connectivity index is 2.78. The fourth-order valence-electron chi connectivity index (χ4n) is 2.36. The first-order chi connectivity index (χ1) is 9.01. The van der Waals surface area contributed by atoms with Crippen LogP contribution in [0.2, 0.25) is 0 Å². The number of carbonyl (C=O) groups excluding carboxylic acids is 2. The molecule has 0 spiro atoms. The fourth-order valence-corrected chi connectivity index (χ4v) is 2.97. The molecule has 1 rings (SSSR count). The van der Waals surface area contributed by atoms with Gasteiger partial charge < -0.3 is 10.2 Å². The highest BCUT2D eigenvalue weighted by Gasteiger charge is 2.39. The average molecular weight is 286 g/mol. The van der Waals surface area contributed by atoms with Crippen molar-refractivity contribution >= 4 is 23.6 Å². The van der Waals surface area contributed by atoms with Gasteiger partial charge in [-0.2, -0.15) is 11.8 Å². The summed E-state index contributed by atoms with van der Waals surface area (Å²) in [6.07, 6.45) is 1.40. The van der Waals surface area contributed by atoms with Gasteiger partial charge in [0.2, 0.25) is 11.8 Å². The van der Waals surface area contributed by atoms with E-state index < -0.39 is 0 Å². The Morgan fingerprint density at radius 3 is 2.53 bits per heavy atom. The number of nitrogens with one attached hydrogen (secondary N) is 1. The molecule has 0 aromatic carbocycles. The second-order valence-electron chi connectivity index (χ2n) is 5.34. The van der Waals surface area contributed by atoms with Crippen LogP contribution in [0.5, 0.6) is 0 Å². The van der Waals surface area contributed by atoms with Crippen LogP contribution in [0.15, 0.2) is 0 Å². The molecule has 0 bridgehead atoms. The molecule has 1 aliphatic heterocycles. The van der Waals surface area contributed by atoms with Crippen molar-refractivity contribution in [3.05, 3.63) is 0 Å². The first-order valence-electron chi connectivity index (χ1n) is 7.19. The summed E-state index contributed by atoms with van der Waals surface area (Å²) in [5.74, 6) is 2.45. The highest BCUT2D eigenvalue weighted by Crippen LogP contribution is 2.19. The fraction of sp³-hybridized carbons (Fsp3) is 0.857. The summed E-state index contributed by atoms with van der Waals surface area (Å²) in [4.78, 5) is 26.4. The lowest BCUT2D eigenvalue weighted by atomic mass is 9.97. The molecule has 0 radical (unpaired) electrons. The quantitative estimate of drug-likeness (QED) is 0.727. The number of rotatable bonds is 7. The molecule has 1 heterocycles. The van der Waals surface area contributed by atoms with Crippen LogP contribution in [0, 0.1) is 5.92 Å². The minimum atomic E-state index is -0.331. The van der Waals surface area contributed by atoms with Crippen molar-refractivity contribution in [3.63, 3.8) is 0 Å². The highest BCUT2D eigenvalue weighted by atomic mass is 32.2. The summed E-state index contributed by atoms with van der Waals surface area (Å²) >= 11 is 1.81. The van der Waals surface area contributed by atoms with Gasteiger partial charge in [-0.1, -0.05) is 27.7 Å². The predicted octanol–water partition coefficient (Wildman–Crippen LogP) is 1.89. The third kappa shape index (κ3) is 4.41. The second kappa shape index (κ2) is 7.78. The molecule has 1 fully saturated rings. The first-order valence-corrected chi connectivity index (χ1v) is 8.35. The van der Waals surface area contributed by atoms with E-state index in [1.165, 1.54) is 0 Å². The summed E-state index contributed by atoms with van der Waals surface area (Å²) in [5, 5.41) is 2.85. The molecule has 1 N–H and O–H groups in total. The number of amides is 2. The van der Waals surface area contributed by atoms with E-state index in [4.69, 9.17) is 0 Å². The molecule has 5 heteroatoms. The molecule has 0 aromatic heterocycles. The molecule has 19 heavy (non-hydrogen) atoms. The van der Waals surface area contributed by atoms with Gasteiger partial charge in [-0.15, -0.1) is 0 Å². The Bertz CT molecular complexity index is 321. The Morgan fingerprint density at radius 1 is 1.32 bits per heavy atom. The predicted molar refractivity (Wildman–Crippen MR) is 80.2 cm³/mol. The monoisotopic (exact) mass is 286 g/mol. The van der Waals surface area contributed by atoms with E-state index in [0.717, 1.165) is 17.9 Å². The molecule has 0 aromatic rings. The van der Waals surface area contributed by atoms with E-state index in [2.05, 4.69) is 26.1 Å². The van der Waals surface area contributed by atoms with Crippen molar-refractivity contribution in [1.82, 2.24) is 10.2 Å². The van der Waals surface area contributed by atoms with E-state index in [9.17, 15) is 9.59 Å². The Labute approximate surface area is 120 Å². The van der Waals surface area contributed by atoms with Crippen LogP contribution in [0.3, 0.4) is 0 Å². The van der Waals surface area contributed by atoms with E-state index in [-0.39, 0.29) is 23.9 Å². The van der Waals surface area contributed by atoms with Crippen LogP contribution in [-0.2, 0) is 9.59 Å². The highest BCUT2D eigenvalue weighted by molar-refractivity contribution is 7.99. The first kappa shape index (κ1) is 16.3. The largest absolute Gasteiger partial charge is 0.343 e. The third-order valence-electron chi connectivity index (χ3n) is 3.36. The van der Waals surface area contributed by atoms with Gasteiger partial charge in [0.25, 0.3) is 0 Å². The normalized spacial score (nSPS) is 23.9. The maximum Gasteiger partial charge on any atom is 0.245 e. The van der Waals surface area contributed by atoms with E-state index in [0.29, 0.717) is 18.9 Å². The number of thioether (sulfide) groups is 1. The molecule has 4 nitrogen and oxygen atoms in total. The smallest absolute Gasteiger partial charge is 0.245 e. The summed E-state index contributed by atoms with van der Waals surface area (Å²) in [6.45, 7) is 8.89. The number of hydrogen-bond donors (Lipinski definition) is 1. The van der Waals surface area contributed by atoms with Gasteiger partial charge in [0.05, 0.1) is 0 Å². The molecule has 110 valence electrons. The third-order valence-corrected chi connectivity index (χ3v) is 4.24. The van der Waals surface area contributed by atoms with Crippen molar-refractivity contribution in [2.75, 3.05) is 18.1 Å². The molecule has 0 saturated carbocycles. The van der Waals surface area contributed by atoms with Gasteiger partial charge in [0.15, 0.2) is 0 Å². The molecule has 2 amide bonds. The molecule has 0 aliphatic carbocycles. The van der Waals surface area contributed by atoms with Crippen molar-refractivity contribution < 1.29 is 9.59 Å². The van der Waals surface area contributed by atoms with Crippen molar-refractivity contribution in [2.45, 2.75) is 52.6 Å². The van der Waals surface area contributed by atoms with Crippen LogP contribution < -0.4 is 5.32 Å². The molecule has 2 atom stereocenters. The number of piperazine rings is 1. The van der Waals surface area contributed by atoms with Crippen LogP contribution in [0.25, 0.3) is 0 Å². The number of carbonyl (C=O) groups is 2. The van der Waals surface area contributed by atoms with Crippen molar-refractivity contribution in [1.29, 1.82) is 0 Å². The lowest BCUT2D eigenvalue weighted by Gasteiger charge is -2.39. The number of nitrogens with zero attached hydrogens (tertiary/aromatic N) is 1.